The third-order valence-corrected chi connectivity index (χ3v) is 3.11. The molecular formula is C17H13FO. The molecule has 0 saturated heterocycles. The molecule has 1 heterocycles. The Morgan fingerprint density at radius 3 is 2.32 bits per heavy atom. The van der Waals surface area contributed by atoms with E-state index in [0.717, 1.165) is 23.3 Å². The van der Waals surface area contributed by atoms with E-state index in [9.17, 15) is 4.39 Å². The Labute approximate surface area is 111 Å². The Kier molecular flexibility index (Phi) is 3.15. The summed E-state index contributed by atoms with van der Waals surface area (Å²) in [7, 11) is 0. The van der Waals surface area contributed by atoms with Gasteiger partial charge in [-0.25, -0.2) is 4.39 Å². The highest BCUT2D eigenvalue weighted by Crippen LogP contribution is 2.27. The van der Waals surface area contributed by atoms with E-state index < -0.39 is 0 Å². The van der Waals surface area contributed by atoms with Crippen LogP contribution in [0.5, 0.6) is 0 Å². The van der Waals surface area contributed by atoms with E-state index in [4.69, 9.17) is 4.42 Å². The predicted molar refractivity (Wildman–Crippen MR) is 73.4 cm³/mol. The minimum atomic E-state index is -0.225. The number of benzene rings is 2. The summed E-state index contributed by atoms with van der Waals surface area (Å²) in [5.41, 5.74) is 3.19. The molecule has 0 fully saturated rings. The highest BCUT2D eigenvalue weighted by Gasteiger charge is 2.09. The van der Waals surface area contributed by atoms with Gasteiger partial charge < -0.3 is 4.42 Å². The number of hydrogen-bond donors (Lipinski definition) is 0. The van der Waals surface area contributed by atoms with Crippen molar-refractivity contribution in [3.05, 3.63) is 84.1 Å². The zero-order valence-electron chi connectivity index (χ0n) is 10.3. The van der Waals surface area contributed by atoms with Gasteiger partial charge in [-0.2, -0.15) is 0 Å². The summed E-state index contributed by atoms with van der Waals surface area (Å²) in [5, 5.41) is 0. The minimum Gasteiger partial charge on any atom is -0.468 e. The van der Waals surface area contributed by atoms with Crippen LogP contribution in [0, 0.1) is 5.82 Å². The van der Waals surface area contributed by atoms with Gasteiger partial charge in [-0.05, 0) is 29.3 Å². The first kappa shape index (κ1) is 11.7. The van der Waals surface area contributed by atoms with Crippen molar-refractivity contribution in [3.8, 4) is 11.1 Å². The molecule has 0 aliphatic heterocycles. The van der Waals surface area contributed by atoms with E-state index >= 15 is 0 Å². The fraction of sp³-hybridized carbons (Fsp3) is 0.0588. The second-order valence-electron chi connectivity index (χ2n) is 4.43. The van der Waals surface area contributed by atoms with E-state index in [0.29, 0.717) is 0 Å². The lowest BCUT2D eigenvalue weighted by molar-refractivity contribution is 0.522. The SMILES string of the molecule is Fc1ccc(-c2ccoc2Cc2ccccc2)cc1. The first-order chi connectivity index (χ1) is 9.33. The van der Waals surface area contributed by atoms with Gasteiger partial charge in [0.25, 0.3) is 0 Å². The number of hydrogen-bond acceptors (Lipinski definition) is 1. The average molecular weight is 252 g/mol. The van der Waals surface area contributed by atoms with Gasteiger partial charge in [-0.1, -0.05) is 42.5 Å². The molecule has 0 aliphatic carbocycles. The Bertz CT molecular complexity index is 653. The van der Waals surface area contributed by atoms with Crippen LogP contribution < -0.4 is 0 Å². The predicted octanol–water partition coefficient (Wildman–Crippen LogP) is 4.68. The summed E-state index contributed by atoms with van der Waals surface area (Å²) < 4.78 is 18.5. The third kappa shape index (κ3) is 2.58. The normalized spacial score (nSPS) is 10.6. The molecule has 0 atom stereocenters. The standard InChI is InChI=1S/C17H13FO/c18-15-8-6-14(7-9-15)16-10-11-19-17(16)12-13-4-2-1-3-5-13/h1-11H,12H2. The largest absolute Gasteiger partial charge is 0.468 e. The minimum absolute atomic E-state index is 0.225. The number of rotatable bonds is 3. The highest BCUT2D eigenvalue weighted by molar-refractivity contribution is 5.65. The topological polar surface area (TPSA) is 13.1 Å². The Morgan fingerprint density at radius 2 is 1.58 bits per heavy atom. The molecule has 94 valence electrons. The van der Waals surface area contributed by atoms with Crippen molar-refractivity contribution < 1.29 is 8.81 Å². The Balaban J connectivity index is 1.92. The van der Waals surface area contributed by atoms with Crippen LogP contribution in [0.15, 0.2) is 71.3 Å². The molecule has 3 rings (SSSR count). The quantitative estimate of drug-likeness (QED) is 0.659. The summed E-state index contributed by atoms with van der Waals surface area (Å²) >= 11 is 0. The van der Waals surface area contributed by atoms with Crippen LogP contribution in [-0.4, -0.2) is 0 Å². The van der Waals surface area contributed by atoms with Gasteiger partial charge >= 0.3 is 0 Å². The van der Waals surface area contributed by atoms with Crippen LogP contribution in [0.4, 0.5) is 4.39 Å². The fourth-order valence-electron chi connectivity index (χ4n) is 2.15. The lowest BCUT2D eigenvalue weighted by atomic mass is 10.0. The molecule has 0 spiro atoms. The summed E-state index contributed by atoms with van der Waals surface area (Å²) in [5.74, 6) is 0.676. The van der Waals surface area contributed by atoms with Crippen molar-refractivity contribution in [1.29, 1.82) is 0 Å². The first-order valence-corrected chi connectivity index (χ1v) is 6.19. The zero-order valence-corrected chi connectivity index (χ0v) is 10.3. The van der Waals surface area contributed by atoms with E-state index in [1.165, 1.54) is 17.7 Å². The van der Waals surface area contributed by atoms with E-state index in [1.54, 1.807) is 18.4 Å². The highest BCUT2D eigenvalue weighted by atomic mass is 19.1. The molecule has 0 saturated carbocycles. The first-order valence-electron chi connectivity index (χ1n) is 6.19. The molecule has 2 aromatic carbocycles. The van der Waals surface area contributed by atoms with Crippen LogP contribution in [0.3, 0.4) is 0 Å². The second kappa shape index (κ2) is 5.11. The van der Waals surface area contributed by atoms with Crippen molar-refractivity contribution in [1.82, 2.24) is 0 Å². The monoisotopic (exact) mass is 252 g/mol. The van der Waals surface area contributed by atoms with E-state index in [2.05, 4.69) is 12.1 Å². The zero-order chi connectivity index (χ0) is 13.1. The van der Waals surface area contributed by atoms with Crippen molar-refractivity contribution in [2.24, 2.45) is 0 Å². The molecule has 0 N–H and O–H groups in total. The summed E-state index contributed by atoms with van der Waals surface area (Å²) in [6, 6.07) is 18.5. The molecule has 3 aromatic rings. The molecule has 0 radical (unpaired) electrons. The molecule has 1 aromatic heterocycles. The van der Waals surface area contributed by atoms with Crippen LogP contribution in [0.1, 0.15) is 11.3 Å². The summed E-state index contributed by atoms with van der Waals surface area (Å²) in [6.07, 6.45) is 2.41. The van der Waals surface area contributed by atoms with Gasteiger partial charge in [0.2, 0.25) is 0 Å². The van der Waals surface area contributed by atoms with Crippen molar-refractivity contribution in [2.75, 3.05) is 0 Å². The molecule has 2 heteroatoms. The van der Waals surface area contributed by atoms with Crippen LogP contribution in [0.2, 0.25) is 0 Å². The maximum absolute atomic E-state index is 13.0. The van der Waals surface area contributed by atoms with Gasteiger partial charge in [0.05, 0.1) is 6.26 Å². The summed E-state index contributed by atoms with van der Waals surface area (Å²) in [4.78, 5) is 0. The van der Waals surface area contributed by atoms with Gasteiger partial charge in [-0.3, -0.25) is 0 Å². The van der Waals surface area contributed by atoms with Crippen LogP contribution >= 0.6 is 0 Å². The van der Waals surface area contributed by atoms with Gasteiger partial charge in [0.15, 0.2) is 0 Å². The van der Waals surface area contributed by atoms with Gasteiger partial charge in [0.1, 0.15) is 11.6 Å². The van der Waals surface area contributed by atoms with Crippen LogP contribution in [0.25, 0.3) is 11.1 Å². The maximum atomic E-state index is 13.0. The number of furan rings is 1. The van der Waals surface area contributed by atoms with Gasteiger partial charge in [0, 0.05) is 12.0 Å². The third-order valence-electron chi connectivity index (χ3n) is 3.11. The van der Waals surface area contributed by atoms with Crippen molar-refractivity contribution in [3.63, 3.8) is 0 Å². The lowest BCUT2D eigenvalue weighted by Gasteiger charge is -2.03. The molecule has 0 amide bonds. The molecule has 19 heavy (non-hydrogen) atoms. The Morgan fingerprint density at radius 1 is 0.842 bits per heavy atom. The average Bonchev–Trinajstić information content (AvgIpc) is 2.89. The summed E-state index contributed by atoms with van der Waals surface area (Å²) in [6.45, 7) is 0. The van der Waals surface area contributed by atoms with Crippen molar-refractivity contribution >= 4 is 0 Å². The molecule has 0 aliphatic rings. The molecular weight excluding hydrogens is 239 g/mol. The van der Waals surface area contributed by atoms with Crippen molar-refractivity contribution in [2.45, 2.75) is 6.42 Å². The van der Waals surface area contributed by atoms with Crippen LogP contribution in [-0.2, 0) is 6.42 Å². The lowest BCUT2D eigenvalue weighted by Crippen LogP contribution is -1.88. The fourth-order valence-corrected chi connectivity index (χ4v) is 2.15. The number of halogens is 1. The van der Waals surface area contributed by atoms with Gasteiger partial charge in [-0.15, -0.1) is 0 Å². The second-order valence-corrected chi connectivity index (χ2v) is 4.43. The molecule has 1 nitrogen and oxygen atoms in total. The smallest absolute Gasteiger partial charge is 0.123 e. The molecule has 0 bridgehead atoms. The Hall–Kier alpha value is -2.35. The van der Waals surface area contributed by atoms with E-state index in [1.807, 2.05) is 24.3 Å². The maximum Gasteiger partial charge on any atom is 0.123 e. The van der Waals surface area contributed by atoms with E-state index in [-0.39, 0.29) is 5.82 Å². The molecule has 0 unspecified atom stereocenters.